The Balaban J connectivity index is 1.42. The molecule has 1 aliphatic heterocycles. The zero-order valence-electron chi connectivity index (χ0n) is 18.3. The van der Waals surface area contributed by atoms with E-state index in [4.69, 9.17) is 4.74 Å². The molecule has 1 aromatic heterocycles. The Bertz CT molecular complexity index is 1250. The summed E-state index contributed by atoms with van der Waals surface area (Å²) in [5, 5.41) is 21.6. The van der Waals surface area contributed by atoms with E-state index in [-0.39, 0.29) is 16.5 Å². The smallest absolute Gasteiger partial charge is 0.270 e. The van der Waals surface area contributed by atoms with Crippen LogP contribution in [0.4, 0.5) is 5.69 Å². The lowest BCUT2D eigenvalue weighted by Crippen LogP contribution is -2.38. The number of benzene rings is 2. The van der Waals surface area contributed by atoms with Crippen LogP contribution < -0.4 is 4.74 Å². The number of nitrogens with zero attached hydrogens (tertiary/aromatic N) is 4. The molecule has 0 radical (unpaired) electrons. The van der Waals surface area contributed by atoms with Gasteiger partial charge in [-0.2, -0.15) is 4.31 Å². The van der Waals surface area contributed by atoms with Gasteiger partial charge in [0.05, 0.1) is 16.9 Å². The molecular formula is C22H24N4O5S2. The molecule has 1 aliphatic rings. The number of piperidine rings is 1. The van der Waals surface area contributed by atoms with Crippen LogP contribution in [0.25, 0.3) is 0 Å². The molecule has 0 bridgehead atoms. The number of nitro groups is 1. The van der Waals surface area contributed by atoms with E-state index in [1.807, 2.05) is 24.3 Å². The van der Waals surface area contributed by atoms with Gasteiger partial charge in [-0.3, -0.25) is 10.1 Å². The predicted molar refractivity (Wildman–Crippen MR) is 124 cm³/mol. The van der Waals surface area contributed by atoms with E-state index in [9.17, 15) is 18.5 Å². The average Bonchev–Trinajstić information content (AvgIpc) is 3.28. The summed E-state index contributed by atoms with van der Waals surface area (Å²) in [6, 6.07) is 11.8. The Morgan fingerprint density at radius 1 is 1.15 bits per heavy atom. The summed E-state index contributed by atoms with van der Waals surface area (Å²) in [4.78, 5) is 10.5. The first-order valence-corrected chi connectivity index (χ1v) is 12.7. The van der Waals surface area contributed by atoms with Crippen LogP contribution in [0.3, 0.4) is 0 Å². The molecule has 3 aromatic rings. The summed E-state index contributed by atoms with van der Waals surface area (Å²) in [6.07, 6.45) is 1.94. The maximum Gasteiger partial charge on any atom is 0.270 e. The number of hydrogen-bond donors (Lipinski definition) is 0. The summed E-state index contributed by atoms with van der Waals surface area (Å²) in [7, 11) is -2.18. The number of sulfonamides is 1. The van der Waals surface area contributed by atoms with Crippen molar-refractivity contribution in [3.05, 3.63) is 73.7 Å². The van der Waals surface area contributed by atoms with Gasteiger partial charge in [0.1, 0.15) is 15.8 Å². The second-order valence-electron chi connectivity index (χ2n) is 7.94. The van der Waals surface area contributed by atoms with Crippen molar-refractivity contribution in [1.82, 2.24) is 14.5 Å². The highest BCUT2D eigenvalue weighted by Crippen LogP contribution is 2.34. The Morgan fingerprint density at radius 2 is 1.85 bits per heavy atom. The van der Waals surface area contributed by atoms with Gasteiger partial charge in [-0.1, -0.05) is 18.2 Å². The van der Waals surface area contributed by atoms with Gasteiger partial charge < -0.3 is 4.74 Å². The fourth-order valence-corrected chi connectivity index (χ4v) is 6.64. The topological polar surface area (TPSA) is 116 Å². The van der Waals surface area contributed by atoms with Crippen LogP contribution in [0.5, 0.6) is 5.75 Å². The molecule has 1 saturated heterocycles. The Hall–Kier alpha value is -2.89. The van der Waals surface area contributed by atoms with E-state index in [1.54, 1.807) is 25.4 Å². The molecule has 2 heterocycles. The van der Waals surface area contributed by atoms with E-state index in [0.717, 1.165) is 27.4 Å². The third-order valence-electron chi connectivity index (χ3n) is 5.80. The van der Waals surface area contributed by atoms with Gasteiger partial charge in [0, 0.05) is 37.6 Å². The molecule has 9 nitrogen and oxygen atoms in total. The van der Waals surface area contributed by atoms with E-state index < -0.39 is 14.9 Å². The first-order valence-electron chi connectivity index (χ1n) is 10.5. The zero-order valence-corrected chi connectivity index (χ0v) is 19.9. The second-order valence-corrected chi connectivity index (χ2v) is 10.9. The molecule has 0 saturated carbocycles. The zero-order chi connectivity index (χ0) is 23.6. The monoisotopic (exact) mass is 488 g/mol. The SMILES string of the molecule is COc1ccc(Cc2nnc(C3CCN(S(=O)(=O)c4cc([N+](=O)[O-])ccc4C)CC3)s2)cc1. The molecule has 0 amide bonds. The summed E-state index contributed by atoms with van der Waals surface area (Å²) in [5.74, 6) is 0.948. The van der Waals surface area contributed by atoms with Crippen LogP contribution in [0, 0.1) is 17.0 Å². The van der Waals surface area contributed by atoms with Crippen molar-refractivity contribution < 1.29 is 18.1 Å². The minimum Gasteiger partial charge on any atom is -0.497 e. The van der Waals surface area contributed by atoms with E-state index in [1.165, 1.54) is 16.4 Å². The predicted octanol–water partition coefficient (Wildman–Crippen LogP) is 3.92. The van der Waals surface area contributed by atoms with Crippen molar-refractivity contribution in [3.8, 4) is 5.75 Å². The van der Waals surface area contributed by atoms with Gasteiger partial charge in [0.25, 0.3) is 5.69 Å². The third kappa shape index (κ3) is 5.05. The second kappa shape index (κ2) is 9.54. The minimum absolute atomic E-state index is 0.00663. The number of nitro benzene ring substituents is 1. The molecule has 2 aromatic carbocycles. The van der Waals surface area contributed by atoms with Crippen LogP contribution in [0.2, 0.25) is 0 Å². The van der Waals surface area contributed by atoms with Gasteiger partial charge in [-0.25, -0.2) is 8.42 Å². The van der Waals surface area contributed by atoms with Crippen LogP contribution in [0.15, 0.2) is 47.4 Å². The highest BCUT2D eigenvalue weighted by molar-refractivity contribution is 7.89. The largest absolute Gasteiger partial charge is 0.497 e. The lowest BCUT2D eigenvalue weighted by molar-refractivity contribution is -0.385. The summed E-state index contributed by atoms with van der Waals surface area (Å²) < 4.78 is 32.9. The van der Waals surface area contributed by atoms with Crippen molar-refractivity contribution in [2.45, 2.75) is 37.0 Å². The molecule has 1 fully saturated rings. The van der Waals surface area contributed by atoms with Crippen LogP contribution in [0.1, 0.15) is 39.9 Å². The normalized spacial score (nSPS) is 15.5. The molecule has 0 aliphatic carbocycles. The maximum atomic E-state index is 13.1. The molecule has 0 unspecified atom stereocenters. The van der Waals surface area contributed by atoms with Crippen molar-refractivity contribution >= 4 is 27.0 Å². The first-order chi connectivity index (χ1) is 15.8. The Kier molecular flexibility index (Phi) is 6.73. The summed E-state index contributed by atoms with van der Waals surface area (Å²) in [6.45, 7) is 2.32. The molecular weight excluding hydrogens is 464 g/mol. The van der Waals surface area contributed by atoms with Crippen molar-refractivity contribution in [2.24, 2.45) is 0 Å². The first kappa shape index (κ1) is 23.3. The van der Waals surface area contributed by atoms with Gasteiger partial charge in [-0.15, -0.1) is 21.5 Å². The van der Waals surface area contributed by atoms with Crippen LogP contribution >= 0.6 is 11.3 Å². The number of non-ortho nitro benzene ring substituents is 1. The van der Waals surface area contributed by atoms with Gasteiger partial charge in [-0.05, 0) is 43.0 Å². The molecule has 33 heavy (non-hydrogen) atoms. The lowest BCUT2D eigenvalue weighted by atomic mass is 9.99. The molecule has 174 valence electrons. The molecule has 0 spiro atoms. The maximum absolute atomic E-state index is 13.1. The van der Waals surface area contributed by atoms with Crippen LogP contribution in [-0.2, 0) is 16.4 Å². The standard InChI is InChI=1S/C22H24N4O5S2/c1-15-3-6-18(26(27)28)14-20(15)33(29,30)25-11-9-17(10-12-25)22-24-23-21(32-22)13-16-4-7-19(31-2)8-5-16/h3-8,14,17H,9-13H2,1-2H3. The fraction of sp³-hybridized carbons (Fsp3) is 0.364. The average molecular weight is 489 g/mol. The lowest BCUT2D eigenvalue weighted by Gasteiger charge is -2.30. The molecule has 0 N–H and O–H groups in total. The van der Waals surface area contributed by atoms with Crippen molar-refractivity contribution in [3.63, 3.8) is 0 Å². The number of methoxy groups -OCH3 is 1. The minimum atomic E-state index is -3.81. The molecule has 11 heteroatoms. The molecule has 0 atom stereocenters. The van der Waals surface area contributed by atoms with Crippen LogP contribution in [-0.4, -0.2) is 48.0 Å². The van der Waals surface area contributed by atoms with Gasteiger partial charge >= 0.3 is 0 Å². The number of ether oxygens (including phenoxy) is 1. The Labute approximate surface area is 196 Å². The summed E-state index contributed by atoms with van der Waals surface area (Å²) in [5.41, 5.74) is 1.38. The highest BCUT2D eigenvalue weighted by Gasteiger charge is 2.33. The third-order valence-corrected chi connectivity index (χ3v) is 8.93. The number of aromatic nitrogens is 2. The molecule has 4 rings (SSSR count). The number of aryl methyl sites for hydroxylation is 1. The Morgan fingerprint density at radius 3 is 2.48 bits per heavy atom. The van der Waals surface area contributed by atoms with Gasteiger partial charge in [0.15, 0.2) is 0 Å². The van der Waals surface area contributed by atoms with E-state index in [0.29, 0.717) is 37.9 Å². The number of hydrogen-bond acceptors (Lipinski definition) is 8. The highest BCUT2D eigenvalue weighted by atomic mass is 32.2. The van der Waals surface area contributed by atoms with Crippen molar-refractivity contribution in [2.75, 3.05) is 20.2 Å². The van der Waals surface area contributed by atoms with E-state index in [2.05, 4.69) is 10.2 Å². The van der Waals surface area contributed by atoms with Gasteiger partial charge in [0.2, 0.25) is 10.0 Å². The quantitative estimate of drug-likeness (QED) is 0.365. The summed E-state index contributed by atoms with van der Waals surface area (Å²) >= 11 is 1.56. The van der Waals surface area contributed by atoms with E-state index >= 15 is 0 Å². The fourth-order valence-electron chi connectivity index (χ4n) is 3.88. The number of rotatable bonds is 7. The van der Waals surface area contributed by atoms with Crippen molar-refractivity contribution in [1.29, 1.82) is 0 Å².